The van der Waals surface area contributed by atoms with Crippen molar-refractivity contribution in [1.29, 1.82) is 0 Å². The Kier molecular flexibility index (Phi) is 14.3. The molecule has 0 amide bonds. The molecule has 7 nitrogen and oxygen atoms in total. The first-order chi connectivity index (χ1) is 16.6. The summed E-state index contributed by atoms with van der Waals surface area (Å²) in [4.78, 5) is 22.6. The fraction of sp³-hybridized carbons (Fsp3) is 0.704. The van der Waals surface area contributed by atoms with E-state index in [1.807, 2.05) is 12.1 Å². The largest absolute Gasteiger partial charge is 0.493 e. The van der Waals surface area contributed by atoms with Gasteiger partial charge in [-0.25, -0.2) is 0 Å². The fourth-order valence-corrected chi connectivity index (χ4v) is 4.11. The van der Waals surface area contributed by atoms with Gasteiger partial charge in [0.05, 0.1) is 13.2 Å². The van der Waals surface area contributed by atoms with Crippen LogP contribution in [0.3, 0.4) is 0 Å². The van der Waals surface area contributed by atoms with Crippen molar-refractivity contribution in [2.45, 2.75) is 96.7 Å². The van der Waals surface area contributed by atoms with Gasteiger partial charge in [0.15, 0.2) is 6.29 Å². The molecule has 192 valence electrons. The van der Waals surface area contributed by atoms with Gasteiger partial charge in [-0.15, -0.1) is 0 Å². The van der Waals surface area contributed by atoms with Gasteiger partial charge >= 0.3 is 11.9 Å². The number of benzene rings is 1. The van der Waals surface area contributed by atoms with Gasteiger partial charge in [-0.3, -0.25) is 9.59 Å². The van der Waals surface area contributed by atoms with Crippen LogP contribution >= 0.6 is 0 Å². The summed E-state index contributed by atoms with van der Waals surface area (Å²) in [5.74, 6) is -0.228. The number of esters is 1. The lowest BCUT2D eigenvalue weighted by Crippen LogP contribution is -2.22. The molecule has 1 aliphatic rings. The van der Waals surface area contributed by atoms with E-state index < -0.39 is 5.97 Å². The van der Waals surface area contributed by atoms with Crippen LogP contribution in [0.25, 0.3) is 0 Å². The van der Waals surface area contributed by atoms with E-state index in [9.17, 15) is 14.7 Å². The first kappa shape index (κ1) is 28.1. The molecule has 1 saturated heterocycles. The van der Waals surface area contributed by atoms with Gasteiger partial charge in [-0.1, -0.05) is 25.0 Å². The zero-order chi connectivity index (χ0) is 24.4. The van der Waals surface area contributed by atoms with E-state index in [1.54, 1.807) is 6.92 Å². The number of hydrogen-bond acceptors (Lipinski definition) is 6. The first-order valence-corrected chi connectivity index (χ1v) is 12.9. The number of aryl methyl sites for hydroxylation is 1. The third-order valence-corrected chi connectivity index (χ3v) is 5.94. The Morgan fingerprint density at radius 3 is 2.59 bits per heavy atom. The second-order valence-corrected chi connectivity index (χ2v) is 8.73. The first-order valence-electron chi connectivity index (χ1n) is 12.9. The number of carbonyl (C=O) groups is 2. The van der Waals surface area contributed by atoms with E-state index in [1.165, 1.54) is 6.42 Å². The van der Waals surface area contributed by atoms with Crippen molar-refractivity contribution in [3.63, 3.8) is 0 Å². The van der Waals surface area contributed by atoms with Gasteiger partial charge in [0.25, 0.3) is 0 Å². The second-order valence-electron chi connectivity index (χ2n) is 8.73. The number of carbonyl (C=O) groups excluding carboxylic acids is 1. The molecule has 1 heterocycles. The van der Waals surface area contributed by atoms with Gasteiger partial charge in [-0.05, 0) is 81.9 Å². The molecule has 2 rings (SSSR count). The summed E-state index contributed by atoms with van der Waals surface area (Å²) in [7, 11) is 0. The average Bonchev–Trinajstić information content (AvgIpc) is 2.83. The van der Waals surface area contributed by atoms with Crippen molar-refractivity contribution in [3.05, 3.63) is 29.3 Å². The summed E-state index contributed by atoms with van der Waals surface area (Å²) in [6, 6.07) is 5.97. The third-order valence-electron chi connectivity index (χ3n) is 5.94. The molecule has 0 aliphatic carbocycles. The molecule has 1 aromatic rings. The molecule has 1 N–H and O–H groups in total. The fourth-order valence-electron chi connectivity index (χ4n) is 4.11. The molecule has 1 atom stereocenters. The normalized spacial score (nSPS) is 15.7. The summed E-state index contributed by atoms with van der Waals surface area (Å²) in [5, 5.41) is 9.18. The average molecular weight is 479 g/mol. The zero-order valence-corrected chi connectivity index (χ0v) is 20.7. The van der Waals surface area contributed by atoms with Crippen LogP contribution in [0.1, 0.15) is 88.7 Å². The number of aliphatic carboxylic acids is 1. The highest BCUT2D eigenvalue weighted by Gasteiger charge is 2.14. The van der Waals surface area contributed by atoms with Gasteiger partial charge in [-0.2, -0.15) is 0 Å². The lowest BCUT2D eigenvalue weighted by molar-refractivity contribution is -0.162. The lowest BCUT2D eigenvalue weighted by Gasteiger charge is -2.22. The molecule has 0 saturated carbocycles. The molecule has 0 radical (unpaired) electrons. The van der Waals surface area contributed by atoms with Crippen molar-refractivity contribution in [2.24, 2.45) is 0 Å². The summed E-state index contributed by atoms with van der Waals surface area (Å²) in [6.07, 6.45) is 10.9. The van der Waals surface area contributed by atoms with Crippen LogP contribution in [0.5, 0.6) is 5.75 Å². The minimum Gasteiger partial charge on any atom is -0.493 e. The second kappa shape index (κ2) is 17.3. The van der Waals surface area contributed by atoms with Crippen LogP contribution in [0.15, 0.2) is 18.2 Å². The molecular weight excluding hydrogens is 436 g/mol. The van der Waals surface area contributed by atoms with Crippen LogP contribution in [-0.4, -0.2) is 49.8 Å². The van der Waals surface area contributed by atoms with Crippen molar-refractivity contribution in [1.82, 2.24) is 0 Å². The minimum atomic E-state index is -0.808. The Hall–Kier alpha value is -2.12. The van der Waals surface area contributed by atoms with E-state index in [-0.39, 0.29) is 18.7 Å². The molecule has 34 heavy (non-hydrogen) atoms. The van der Waals surface area contributed by atoms with E-state index in [0.717, 1.165) is 81.5 Å². The Morgan fingerprint density at radius 2 is 1.82 bits per heavy atom. The van der Waals surface area contributed by atoms with Crippen molar-refractivity contribution in [2.75, 3.05) is 26.4 Å². The van der Waals surface area contributed by atoms with Crippen LogP contribution < -0.4 is 4.74 Å². The Bertz CT molecular complexity index is 713. The predicted molar refractivity (Wildman–Crippen MR) is 130 cm³/mol. The molecule has 0 aromatic heterocycles. The molecule has 1 aromatic carbocycles. The standard InChI is InChI=1S/C27H42O7/c1-2-31-26(30)15-6-9-19-32-24-14-11-13-22(23(24)17-18-25(28)29)12-5-3-4-8-20-33-27-16-7-10-21-34-27/h11,13-14,27H,2-10,12,15-21H2,1H3,(H,28,29). The van der Waals surface area contributed by atoms with Gasteiger partial charge in [0.1, 0.15) is 5.75 Å². The zero-order valence-electron chi connectivity index (χ0n) is 20.7. The predicted octanol–water partition coefficient (Wildman–Crippen LogP) is 5.46. The maximum atomic E-state index is 11.4. The molecular formula is C27H42O7. The number of ether oxygens (including phenoxy) is 4. The van der Waals surface area contributed by atoms with Gasteiger partial charge in [0.2, 0.25) is 0 Å². The number of unbranched alkanes of at least 4 members (excludes halogenated alkanes) is 4. The number of carboxylic acids is 1. The van der Waals surface area contributed by atoms with Crippen LogP contribution in [0.4, 0.5) is 0 Å². The molecule has 0 spiro atoms. The summed E-state index contributed by atoms with van der Waals surface area (Å²) < 4.78 is 22.3. The van der Waals surface area contributed by atoms with Gasteiger partial charge < -0.3 is 24.1 Å². The number of hydrogen-bond donors (Lipinski definition) is 1. The maximum Gasteiger partial charge on any atom is 0.305 e. The number of carboxylic acid groups (broad SMARTS) is 1. The molecule has 1 unspecified atom stereocenters. The molecule has 7 heteroatoms. The lowest BCUT2D eigenvalue weighted by atomic mass is 9.97. The van der Waals surface area contributed by atoms with E-state index in [4.69, 9.17) is 18.9 Å². The third kappa shape index (κ3) is 11.8. The highest BCUT2D eigenvalue weighted by Crippen LogP contribution is 2.26. The minimum absolute atomic E-state index is 0.0153. The van der Waals surface area contributed by atoms with Crippen molar-refractivity contribution >= 4 is 11.9 Å². The highest BCUT2D eigenvalue weighted by molar-refractivity contribution is 5.69. The quantitative estimate of drug-likeness (QED) is 0.221. The summed E-state index contributed by atoms with van der Waals surface area (Å²) in [5.41, 5.74) is 2.16. The van der Waals surface area contributed by atoms with Crippen molar-refractivity contribution < 1.29 is 33.6 Å². The molecule has 1 aliphatic heterocycles. The van der Waals surface area contributed by atoms with Crippen LogP contribution in [0, 0.1) is 0 Å². The van der Waals surface area contributed by atoms with Crippen LogP contribution in [0.2, 0.25) is 0 Å². The number of rotatable bonds is 18. The smallest absolute Gasteiger partial charge is 0.305 e. The van der Waals surface area contributed by atoms with Crippen molar-refractivity contribution in [3.8, 4) is 5.75 Å². The van der Waals surface area contributed by atoms with E-state index in [2.05, 4.69) is 6.07 Å². The molecule has 0 bridgehead atoms. The Morgan fingerprint density at radius 1 is 1.00 bits per heavy atom. The Labute approximate surface area is 204 Å². The summed E-state index contributed by atoms with van der Waals surface area (Å²) in [6.45, 7) is 4.25. The SMILES string of the molecule is CCOC(=O)CCCCOc1cccc(CCCCCCOC2CCCCO2)c1CCC(=O)O. The maximum absolute atomic E-state index is 11.4. The highest BCUT2D eigenvalue weighted by atomic mass is 16.7. The Balaban J connectivity index is 1.74. The van der Waals surface area contributed by atoms with Crippen LogP contribution in [-0.2, 0) is 36.6 Å². The molecule has 1 fully saturated rings. The van der Waals surface area contributed by atoms with E-state index in [0.29, 0.717) is 32.5 Å². The monoisotopic (exact) mass is 478 g/mol. The van der Waals surface area contributed by atoms with E-state index >= 15 is 0 Å². The topological polar surface area (TPSA) is 91.3 Å². The summed E-state index contributed by atoms with van der Waals surface area (Å²) >= 11 is 0. The van der Waals surface area contributed by atoms with Gasteiger partial charge in [0, 0.05) is 26.1 Å².